The number of hydrogen-bond acceptors (Lipinski definition) is 6. The van der Waals surface area contributed by atoms with Crippen molar-refractivity contribution in [2.75, 3.05) is 82.8 Å². The zero-order chi connectivity index (χ0) is 24.9. The van der Waals surface area contributed by atoms with Crippen LogP contribution >= 0.6 is 0 Å². The summed E-state index contributed by atoms with van der Waals surface area (Å²) in [5, 5.41) is 3.01. The van der Waals surface area contributed by atoms with Gasteiger partial charge in [-0.15, -0.1) is 0 Å². The Hall–Kier alpha value is -2.65. The predicted octanol–water partition coefficient (Wildman–Crippen LogP) is 1.24. The van der Waals surface area contributed by atoms with Crippen molar-refractivity contribution < 1.29 is 14.4 Å². The second-order valence-corrected chi connectivity index (χ2v) is 10.0. The van der Waals surface area contributed by atoms with E-state index in [1.54, 1.807) is 25.1 Å². The van der Waals surface area contributed by atoms with E-state index >= 15 is 0 Å². The normalized spacial score (nSPS) is 20.9. The van der Waals surface area contributed by atoms with Gasteiger partial charge in [0.2, 0.25) is 11.8 Å². The summed E-state index contributed by atoms with van der Waals surface area (Å²) in [6.45, 7) is 10.0. The quantitative estimate of drug-likeness (QED) is 0.560. The number of hydrogen-bond donors (Lipinski definition) is 1. The van der Waals surface area contributed by atoms with Gasteiger partial charge in [0, 0.05) is 58.9 Å². The molecule has 1 N–H and O–H groups in total. The molecule has 1 atom stereocenters. The Morgan fingerprint density at radius 2 is 1.77 bits per heavy atom. The van der Waals surface area contributed by atoms with Gasteiger partial charge in [0.05, 0.1) is 11.4 Å². The van der Waals surface area contributed by atoms with Crippen molar-refractivity contribution in [3.63, 3.8) is 0 Å². The van der Waals surface area contributed by atoms with Crippen LogP contribution in [0.2, 0.25) is 0 Å². The van der Waals surface area contributed by atoms with E-state index in [1.807, 2.05) is 12.1 Å². The van der Waals surface area contributed by atoms with Gasteiger partial charge in [-0.3, -0.25) is 19.3 Å². The lowest BCUT2D eigenvalue weighted by Crippen LogP contribution is -2.57. The first-order chi connectivity index (χ1) is 16.9. The molecule has 3 amide bonds. The summed E-state index contributed by atoms with van der Waals surface area (Å²) in [6, 6.07) is 5.28. The van der Waals surface area contributed by atoms with Crippen LogP contribution in [0.1, 0.15) is 43.0 Å². The zero-order valence-corrected chi connectivity index (χ0v) is 21.5. The van der Waals surface area contributed by atoms with E-state index in [4.69, 9.17) is 0 Å². The summed E-state index contributed by atoms with van der Waals surface area (Å²) in [6.07, 6.45) is 3.72. The molecule has 3 aliphatic heterocycles. The molecule has 0 radical (unpaired) electrons. The highest BCUT2D eigenvalue weighted by atomic mass is 16.2. The van der Waals surface area contributed by atoms with E-state index in [0.29, 0.717) is 17.8 Å². The number of fused-ring (bicyclic) bond motifs is 3. The number of nitrogens with zero attached hydrogens (tertiary/aromatic N) is 5. The Kier molecular flexibility index (Phi) is 8.28. The SMILES string of the molecule is CCN1CCN(CCCNC(=O)CN2C(=O)[C@@H]3CCCCN3c3ccc(C(=O)N(C)C)cc32)CC1. The van der Waals surface area contributed by atoms with Crippen molar-refractivity contribution in [2.24, 2.45) is 0 Å². The van der Waals surface area contributed by atoms with Gasteiger partial charge < -0.3 is 24.9 Å². The molecule has 3 aliphatic rings. The zero-order valence-electron chi connectivity index (χ0n) is 21.5. The summed E-state index contributed by atoms with van der Waals surface area (Å²) in [5.41, 5.74) is 2.11. The summed E-state index contributed by atoms with van der Waals surface area (Å²) in [7, 11) is 3.42. The van der Waals surface area contributed by atoms with E-state index in [9.17, 15) is 14.4 Å². The van der Waals surface area contributed by atoms with E-state index in [1.165, 1.54) is 4.90 Å². The second-order valence-electron chi connectivity index (χ2n) is 10.0. The molecule has 0 unspecified atom stereocenters. The van der Waals surface area contributed by atoms with E-state index in [-0.39, 0.29) is 30.3 Å². The van der Waals surface area contributed by atoms with Crippen molar-refractivity contribution in [3.8, 4) is 0 Å². The fourth-order valence-corrected chi connectivity index (χ4v) is 5.37. The fourth-order valence-electron chi connectivity index (χ4n) is 5.37. The summed E-state index contributed by atoms with van der Waals surface area (Å²) in [4.78, 5) is 49.1. The lowest BCUT2D eigenvalue weighted by atomic mass is 9.95. The number of carbonyl (C=O) groups excluding carboxylic acids is 3. The van der Waals surface area contributed by atoms with Crippen LogP contribution in [0.5, 0.6) is 0 Å². The van der Waals surface area contributed by atoms with Crippen LogP contribution in [-0.2, 0) is 9.59 Å². The molecule has 9 nitrogen and oxygen atoms in total. The number of likely N-dealkylation sites (N-methyl/N-ethyl adjacent to an activating group) is 1. The van der Waals surface area contributed by atoms with Crippen LogP contribution in [0.3, 0.4) is 0 Å². The fraction of sp³-hybridized carbons (Fsp3) is 0.654. The molecule has 4 rings (SSSR count). The highest BCUT2D eigenvalue weighted by molar-refractivity contribution is 6.09. The predicted molar refractivity (Wildman–Crippen MR) is 138 cm³/mol. The van der Waals surface area contributed by atoms with Crippen LogP contribution in [-0.4, -0.2) is 111 Å². The molecular formula is C26H40N6O3. The maximum absolute atomic E-state index is 13.5. The summed E-state index contributed by atoms with van der Waals surface area (Å²) >= 11 is 0. The topological polar surface area (TPSA) is 79.4 Å². The van der Waals surface area contributed by atoms with Crippen LogP contribution in [0.25, 0.3) is 0 Å². The van der Waals surface area contributed by atoms with Gasteiger partial charge in [-0.1, -0.05) is 6.92 Å². The standard InChI is InChI=1S/C26H40N6O3/c1-4-29-14-16-30(17-15-29)12-7-11-27-24(33)19-32-23-18-20(25(34)28(2)3)9-10-21(23)31-13-6-5-8-22(31)26(32)35/h9-10,18,22H,4-8,11-17,19H2,1-3H3,(H,27,33)/t22-/m0/s1. The van der Waals surface area contributed by atoms with Gasteiger partial charge in [0.15, 0.2) is 0 Å². The number of anilines is 2. The molecule has 3 heterocycles. The molecule has 1 aromatic rings. The highest BCUT2D eigenvalue weighted by Gasteiger charge is 2.40. The molecule has 192 valence electrons. The third kappa shape index (κ3) is 5.78. The minimum Gasteiger partial charge on any atom is -0.358 e. The lowest BCUT2D eigenvalue weighted by Gasteiger charge is -2.45. The molecule has 9 heteroatoms. The summed E-state index contributed by atoms with van der Waals surface area (Å²) in [5.74, 6) is -0.325. The van der Waals surface area contributed by atoms with Crippen LogP contribution in [0.4, 0.5) is 11.4 Å². The van der Waals surface area contributed by atoms with Crippen LogP contribution in [0, 0.1) is 0 Å². The molecule has 0 aliphatic carbocycles. The van der Waals surface area contributed by atoms with Crippen molar-refractivity contribution in [3.05, 3.63) is 23.8 Å². The Morgan fingerprint density at radius 3 is 2.49 bits per heavy atom. The second kappa shape index (κ2) is 11.4. The Bertz CT molecular complexity index is 928. The molecule has 2 saturated heterocycles. The van der Waals surface area contributed by atoms with Crippen molar-refractivity contribution in [2.45, 2.75) is 38.6 Å². The molecule has 0 spiro atoms. The van der Waals surface area contributed by atoms with E-state index in [2.05, 4.69) is 26.9 Å². The van der Waals surface area contributed by atoms with Gasteiger partial charge >= 0.3 is 0 Å². The average Bonchev–Trinajstić information content (AvgIpc) is 2.88. The first-order valence-electron chi connectivity index (χ1n) is 13.0. The number of amides is 3. The van der Waals surface area contributed by atoms with Crippen molar-refractivity contribution >= 4 is 29.1 Å². The number of piperazine rings is 1. The number of piperidine rings is 1. The number of nitrogens with one attached hydrogen (secondary N) is 1. The Morgan fingerprint density at radius 1 is 1.03 bits per heavy atom. The van der Waals surface area contributed by atoms with Crippen molar-refractivity contribution in [1.29, 1.82) is 0 Å². The van der Waals surface area contributed by atoms with Gasteiger partial charge in [0.1, 0.15) is 12.6 Å². The van der Waals surface area contributed by atoms with Gasteiger partial charge in [0.25, 0.3) is 5.91 Å². The monoisotopic (exact) mass is 484 g/mol. The number of rotatable bonds is 8. The first kappa shape index (κ1) is 25.4. The molecule has 2 fully saturated rings. The molecule has 0 saturated carbocycles. The highest BCUT2D eigenvalue weighted by Crippen LogP contribution is 2.40. The maximum Gasteiger partial charge on any atom is 0.253 e. The van der Waals surface area contributed by atoms with Gasteiger partial charge in [-0.2, -0.15) is 0 Å². The van der Waals surface area contributed by atoms with Crippen LogP contribution < -0.4 is 15.1 Å². The van der Waals surface area contributed by atoms with Crippen molar-refractivity contribution in [1.82, 2.24) is 20.0 Å². The molecule has 0 bridgehead atoms. The minimum absolute atomic E-state index is 0.0229. The number of benzene rings is 1. The van der Waals surface area contributed by atoms with Gasteiger partial charge in [-0.25, -0.2) is 0 Å². The third-order valence-corrected chi connectivity index (χ3v) is 7.47. The largest absolute Gasteiger partial charge is 0.358 e. The minimum atomic E-state index is -0.235. The molecular weight excluding hydrogens is 444 g/mol. The smallest absolute Gasteiger partial charge is 0.253 e. The van der Waals surface area contributed by atoms with Crippen LogP contribution in [0.15, 0.2) is 18.2 Å². The molecule has 35 heavy (non-hydrogen) atoms. The maximum atomic E-state index is 13.5. The van der Waals surface area contributed by atoms with Gasteiger partial charge in [-0.05, 0) is 57.0 Å². The third-order valence-electron chi connectivity index (χ3n) is 7.47. The molecule has 0 aromatic heterocycles. The number of carbonyl (C=O) groups is 3. The van der Waals surface area contributed by atoms with E-state index < -0.39 is 0 Å². The Balaban J connectivity index is 1.39. The molecule has 1 aromatic carbocycles. The van der Waals surface area contributed by atoms with E-state index in [0.717, 1.165) is 77.2 Å². The Labute approximate surface area is 209 Å². The first-order valence-corrected chi connectivity index (χ1v) is 13.0. The summed E-state index contributed by atoms with van der Waals surface area (Å²) < 4.78 is 0. The average molecular weight is 485 g/mol. The lowest BCUT2D eigenvalue weighted by molar-refractivity contribution is -0.125.